The van der Waals surface area contributed by atoms with Gasteiger partial charge in [-0.2, -0.15) is 0 Å². The molecule has 92 valence electrons. The number of aryl methyl sites for hydroxylation is 1. The minimum Gasteiger partial charge on any atom is -0.395 e. The number of carbonyl (C=O) groups excluding carboxylic acids is 1. The van der Waals surface area contributed by atoms with Crippen molar-refractivity contribution in [1.29, 1.82) is 0 Å². The van der Waals surface area contributed by atoms with Crippen molar-refractivity contribution in [3.8, 4) is 0 Å². The fourth-order valence-electron chi connectivity index (χ4n) is 1.55. The second-order valence-corrected chi connectivity index (χ2v) is 3.80. The minimum atomic E-state index is -0.0410. The number of hydrogen-bond donors (Lipinski definition) is 1. The van der Waals surface area contributed by atoms with Crippen molar-refractivity contribution in [2.45, 2.75) is 13.3 Å². The number of amides is 1. The summed E-state index contributed by atoms with van der Waals surface area (Å²) in [5.41, 5.74) is 1.79. The maximum Gasteiger partial charge on any atom is 0.228 e. The molecule has 1 aromatic heterocycles. The van der Waals surface area contributed by atoms with Gasteiger partial charge in [-0.25, -0.2) is 0 Å². The maximum atomic E-state index is 12.0. The standard InChI is InChI=1S/C13H18N2O2/c1-3-7-15(8-9-16)13(17)10-12-11(2)5-4-6-14-12/h3-6,16H,1,7-10H2,2H3. The van der Waals surface area contributed by atoms with E-state index in [4.69, 9.17) is 5.11 Å². The first-order valence-corrected chi connectivity index (χ1v) is 5.59. The van der Waals surface area contributed by atoms with Crippen molar-refractivity contribution in [2.24, 2.45) is 0 Å². The SMILES string of the molecule is C=CCN(CCO)C(=O)Cc1ncccc1C. The highest BCUT2D eigenvalue weighted by atomic mass is 16.3. The molecule has 4 heteroatoms. The van der Waals surface area contributed by atoms with Crippen LogP contribution < -0.4 is 0 Å². The molecule has 0 saturated heterocycles. The number of rotatable bonds is 6. The van der Waals surface area contributed by atoms with Crippen molar-refractivity contribution >= 4 is 5.91 Å². The summed E-state index contributed by atoms with van der Waals surface area (Å²) in [6.45, 7) is 6.27. The molecule has 1 heterocycles. The van der Waals surface area contributed by atoms with Crippen LogP contribution in [0, 0.1) is 6.92 Å². The molecule has 0 bridgehead atoms. The predicted octanol–water partition coefficient (Wildman–Crippen LogP) is 0.939. The van der Waals surface area contributed by atoms with Gasteiger partial charge in [0.2, 0.25) is 5.91 Å². The summed E-state index contributed by atoms with van der Waals surface area (Å²) in [6, 6.07) is 3.78. The lowest BCUT2D eigenvalue weighted by molar-refractivity contribution is -0.130. The zero-order valence-electron chi connectivity index (χ0n) is 10.1. The van der Waals surface area contributed by atoms with Crippen LogP contribution in [0.4, 0.5) is 0 Å². The first kappa shape index (κ1) is 13.4. The van der Waals surface area contributed by atoms with Crippen molar-refractivity contribution in [1.82, 2.24) is 9.88 Å². The Kier molecular flexibility index (Phi) is 5.36. The molecule has 0 fully saturated rings. The third-order valence-electron chi connectivity index (χ3n) is 2.51. The highest BCUT2D eigenvalue weighted by Crippen LogP contribution is 2.06. The normalized spacial score (nSPS) is 10.0. The van der Waals surface area contributed by atoms with Gasteiger partial charge >= 0.3 is 0 Å². The molecule has 4 nitrogen and oxygen atoms in total. The fourth-order valence-corrected chi connectivity index (χ4v) is 1.55. The van der Waals surface area contributed by atoms with Crippen LogP contribution in [0.25, 0.3) is 0 Å². The zero-order valence-corrected chi connectivity index (χ0v) is 10.1. The average molecular weight is 234 g/mol. The fraction of sp³-hybridized carbons (Fsp3) is 0.385. The topological polar surface area (TPSA) is 53.4 Å². The van der Waals surface area contributed by atoms with Crippen LogP contribution in [0.2, 0.25) is 0 Å². The van der Waals surface area contributed by atoms with Gasteiger partial charge in [0.05, 0.1) is 18.7 Å². The zero-order chi connectivity index (χ0) is 12.7. The summed E-state index contributed by atoms with van der Waals surface area (Å²) < 4.78 is 0. The van der Waals surface area contributed by atoms with Crippen LogP contribution in [0.1, 0.15) is 11.3 Å². The highest BCUT2D eigenvalue weighted by Gasteiger charge is 2.13. The summed E-state index contributed by atoms with van der Waals surface area (Å²) in [6.07, 6.45) is 3.60. The lowest BCUT2D eigenvalue weighted by Gasteiger charge is -2.20. The second kappa shape index (κ2) is 6.81. The second-order valence-electron chi connectivity index (χ2n) is 3.80. The lowest BCUT2D eigenvalue weighted by atomic mass is 10.1. The molecule has 0 aliphatic carbocycles. The van der Waals surface area contributed by atoms with Gasteiger partial charge in [-0.15, -0.1) is 6.58 Å². The van der Waals surface area contributed by atoms with Gasteiger partial charge in [-0.05, 0) is 18.6 Å². The molecule has 0 atom stereocenters. The molecular formula is C13H18N2O2. The van der Waals surface area contributed by atoms with Crippen LogP contribution in [0.5, 0.6) is 0 Å². The number of pyridine rings is 1. The van der Waals surface area contributed by atoms with Crippen LogP contribution in [-0.4, -0.2) is 40.6 Å². The Hall–Kier alpha value is -1.68. The molecule has 0 unspecified atom stereocenters. The van der Waals surface area contributed by atoms with Crippen LogP contribution in [0.3, 0.4) is 0 Å². The summed E-state index contributed by atoms with van der Waals surface area (Å²) in [5.74, 6) is -0.0410. The number of aliphatic hydroxyl groups is 1. The maximum absolute atomic E-state index is 12.0. The van der Waals surface area contributed by atoms with Crippen molar-refractivity contribution in [2.75, 3.05) is 19.7 Å². The molecule has 0 aliphatic heterocycles. The third kappa shape index (κ3) is 4.00. The van der Waals surface area contributed by atoms with E-state index in [-0.39, 0.29) is 18.9 Å². The minimum absolute atomic E-state index is 0.0409. The molecule has 0 spiro atoms. The molecular weight excluding hydrogens is 216 g/mol. The summed E-state index contributed by atoms with van der Waals surface area (Å²) in [7, 11) is 0. The van der Waals surface area contributed by atoms with Gasteiger partial charge in [0.25, 0.3) is 0 Å². The molecule has 1 rings (SSSR count). The monoisotopic (exact) mass is 234 g/mol. The van der Waals surface area contributed by atoms with E-state index in [0.29, 0.717) is 13.1 Å². The van der Waals surface area contributed by atoms with E-state index in [2.05, 4.69) is 11.6 Å². The summed E-state index contributed by atoms with van der Waals surface area (Å²) >= 11 is 0. The smallest absolute Gasteiger partial charge is 0.228 e. The van der Waals surface area contributed by atoms with E-state index in [1.54, 1.807) is 17.2 Å². The number of carbonyl (C=O) groups is 1. The Bertz CT molecular complexity index is 391. The largest absolute Gasteiger partial charge is 0.395 e. The Morgan fingerprint density at radius 1 is 1.65 bits per heavy atom. The Morgan fingerprint density at radius 2 is 2.41 bits per heavy atom. The van der Waals surface area contributed by atoms with Gasteiger partial charge < -0.3 is 10.0 Å². The molecule has 0 aromatic carbocycles. The van der Waals surface area contributed by atoms with Gasteiger partial charge in [0.15, 0.2) is 0 Å². The first-order chi connectivity index (χ1) is 8.19. The molecule has 0 aliphatic rings. The molecule has 1 N–H and O–H groups in total. The number of hydrogen-bond acceptors (Lipinski definition) is 3. The molecule has 0 saturated carbocycles. The van der Waals surface area contributed by atoms with E-state index in [0.717, 1.165) is 11.3 Å². The van der Waals surface area contributed by atoms with Gasteiger partial charge in [-0.3, -0.25) is 9.78 Å². The highest BCUT2D eigenvalue weighted by molar-refractivity contribution is 5.78. The van der Waals surface area contributed by atoms with E-state index in [1.165, 1.54) is 0 Å². The van der Waals surface area contributed by atoms with Crippen LogP contribution in [-0.2, 0) is 11.2 Å². The quantitative estimate of drug-likeness (QED) is 0.745. The van der Waals surface area contributed by atoms with Gasteiger partial charge in [0, 0.05) is 19.3 Å². The van der Waals surface area contributed by atoms with Crippen molar-refractivity contribution < 1.29 is 9.90 Å². The first-order valence-electron chi connectivity index (χ1n) is 5.59. The summed E-state index contributed by atoms with van der Waals surface area (Å²) in [4.78, 5) is 17.7. The molecule has 0 radical (unpaired) electrons. The average Bonchev–Trinajstić information content (AvgIpc) is 2.32. The van der Waals surface area contributed by atoms with Gasteiger partial charge in [-0.1, -0.05) is 12.1 Å². The molecule has 17 heavy (non-hydrogen) atoms. The van der Waals surface area contributed by atoms with Crippen LogP contribution in [0.15, 0.2) is 31.0 Å². The number of nitrogens with zero attached hydrogens (tertiary/aromatic N) is 2. The van der Waals surface area contributed by atoms with Crippen LogP contribution >= 0.6 is 0 Å². The number of aliphatic hydroxyl groups excluding tert-OH is 1. The molecule has 1 amide bonds. The van der Waals surface area contributed by atoms with Crippen molar-refractivity contribution in [3.05, 3.63) is 42.2 Å². The Labute approximate surface area is 102 Å². The number of aromatic nitrogens is 1. The van der Waals surface area contributed by atoms with E-state index in [1.807, 2.05) is 19.1 Å². The van der Waals surface area contributed by atoms with Crippen molar-refractivity contribution in [3.63, 3.8) is 0 Å². The summed E-state index contributed by atoms with van der Waals surface area (Å²) in [5, 5.41) is 8.89. The predicted molar refractivity (Wildman–Crippen MR) is 66.5 cm³/mol. The van der Waals surface area contributed by atoms with Gasteiger partial charge in [0.1, 0.15) is 0 Å². The van der Waals surface area contributed by atoms with E-state index in [9.17, 15) is 4.79 Å². The molecule has 1 aromatic rings. The third-order valence-corrected chi connectivity index (χ3v) is 2.51. The van der Waals surface area contributed by atoms with E-state index >= 15 is 0 Å². The van der Waals surface area contributed by atoms with E-state index < -0.39 is 0 Å². The Balaban J connectivity index is 2.69. The Morgan fingerprint density at radius 3 is 3.00 bits per heavy atom. The lowest BCUT2D eigenvalue weighted by Crippen LogP contribution is -2.35.